The lowest BCUT2D eigenvalue weighted by Crippen LogP contribution is -2.20. The predicted molar refractivity (Wildman–Crippen MR) is 94.1 cm³/mol. The van der Waals surface area contributed by atoms with Crippen molar-refractivity contribution in [3.63, 3.8) is 0 Å². The van der Waals surface area contributed by atoms with Crippen molar-refractivity contribution in [1.82, 2.24) is 4.90 Å². The van der Waals surface area contributed by atoms with Crippen LogP contribution >= 0.6 is 0 Å². The fourth-order valence-corrected chi connectivity index (χ4v) is 3.63. The van der Waals surface area contributed by atoms with Crippen LogP contribution in [-0.2, 0) is 11.2 Å². The van der Waals surface area contributed by atoms with Crippen LogP contribution in [0.5, 0.6) is 5.75 Å². The maximum atomic E-state index is 5.71. The van der Waals surface area contributed by atoms with E-state index in [0.29, 0.717) is 11.8 Å². The zero-order valence-electron chi connectivity index (χ0n) is 14.9. The summed E-state index contributed by atoms with van der Waals surface area (Å²) in [5, 5.41) is 0. The van der Waals surface area contributed by atoms with Crippen LogP contribution in [0.1, 0.15) is 17.0 Å². The molecular weight excluding hydrogens is 288 g/mol. The molecule has 23 heavy (non-hydrogen) atoms. The van der Waals surface area contributed by atoms with Crippen molar-refractivity contribution in [2.45, 2.75) is 12.3 Å². The second kappa shape index (κ2) is 5.84. The molecule has 0 spiro atoms. The number of anilines is 1. The highest BCUT2D eigenvalue weighted by molar-refractivity contribution is 5.61. The third kappa shape index (κ3) is 2.56. The van der Waals surface area contributed by atoms with Crippen LogP contribution in [0.25, 0.3) is 0 Å². The van der Waals surface area contributed by atoms with Crippen molar-refractivity contribution >= 4 is 5.69 Å². The predicted octanol–water partition coefficient (Wildman–Crippen LogP) is 3.01. The number of hydrogen-bond acceptors (Lipinski definition) is 4. The van der Waals surface area contributed by atoms with Gasteiger partial charge >= 0.3 is 0 Å². The Balaban J connectivity index is 2.13. The highest BCUT2D eigenvalue weighted by Crippen LogP contribution is 2.50. The molecule has 4 nitrogen and oxygen atoms in total. The van der Waals surface area contributed by atoms with Crippen molar-refractivity contribution in [3.05, 3.63) is 46.9 Å². The number of rotatable bonds is 4. The molecule has 0 aliphatic heterocycles. The largest absolute Gasteiger partial charge is 0.501 e. The van der Waals surface area contributed by atoms with Gasteiger partial charge in [0, 0.05) is 57.5 Å². The molecule has 0 heterocycles. The van der Waals surface area contributed by atoms with Gasteiger partial charge in [0.05, 0.1) is 14.2 Å². The first kappa shape index (κ1) is 15.8. The molecule has 2 unspecified atom stereocenters. The summed E-state index contributed by atoms with van der Waals surface area (Å²) in [5.41, 5.74) is 5.05. The summed E-state index contributed by atoms with van der Waals surface area (Å²) in [5.74, 6) is 2.75. The van der Waals surface area contributed by atoms with Crippen LogP contribution in [0.15, 0.2) is 35.7 Å². The summed E-state index contributed by atoms with van der Waals surface area (Å²) in [7, 11) is 11.8. The van der Waals surface area contributed by atoms with Gasteiger partial charge in [0.25, 0.3) is 0 Å². The molecule has 1 aromatic carbocycles. The van der Waals surface area contributed by atoms with Crippen molar-refractivity contribution in [3.8, 4) is 5.75 Å². The summed E-state index contributed by atoms with van der Waals surface area (Å²) in [6.07, 6.45) is 5.48. The van der Waals surface area contributed by atoms with Gasteiger partial charge in [-0.3, -0.25) is 0 Å². The van der Waals surface area contributed by atoms with Gasteiger partial charge in [0.15, 0.2) is 0 Å². The Morgan fingerprint density at radius 3 is 2.30 bits per heavy atom. The van der Waals surface area contributed by atoms with Crippen LogP contribution in [0.3, 0.4) is 0 Å². The number of ether oxygens (including phenoxy) is 2. The van der Waals surface area contributed by atoms with Crippen LogP contribution in [0.2, 0.25) is 0 Å². The molecule has 0 fully saturated rings. The Morgan fingerprint density at radius 1 is 1.00 bits per heavy atom. The van der Waals surface area contributed by atoms with Gasteiger partial charge in [-0.1, -0.05) is 6.08 Å². The van der Waals surface area contributed by atoms with E-state index in [2.05, 4.69) is 62.3 Å². The first-order valence-electron chi connectivity index (χ1n) is 7.99. The minimum atomic E-state index is 0.344. The highest BCUT2D eigenvalue weighted by Gasteiger charge is 2.39. The Hall–Kier alpha value is -2.10. The van der Waals surface area contributed by atoms with E-state index in [9.17, 15) is 0 Å². The van der Waals surface area contributed by atoms with E-state index in [-0.39, 0.29) is 0 Å². The fraction of sp³-hybridized carbons (Fsp3) is 0.474. The van der Waals surface area contributed by atoms with E-state index in [4.69, 9.17) is 9.47 Å². The molecule has 0 radical (unpaired) electrons. The minimum Gasteiger partial charge on any atom is -0.501 e. The van der Waals surface area contributed by atoms with Crippen molar-refractivity contribution in [2.75, 3.05) is 47.3 Å². The molecule has 0 aromatic heterocycles. The van der Waals surface area contributed by atoms with E-state index in [1.165, 1.54) is 22.5 Å². The number of benzene rings is 1. The standard InChI is InChI=1S/C19H26N2O2/c1-20(2)12-7-14-15-8-13(21(3)4)10-19(23-6)17(15)11-16(14)18(9-12)22-5/h7-10,14,16H,11H2,1-6H3. The van der Waals surface area contributed by atoms with E-state index in [1.807, 2.05) is 0 Å². The Kier molecular flexibility index (Phi) is 4.00. The van der Waals surface area contributed by atoms with Crippen molar-refractivity contribution in [2.24, 2.45) is 5.92 Å². The van der Waals surface area contributed by atoms with Crippen molar-refractivity contribution < 1.29 is 9.47 Å². The maximum Gasteiger partial charge on any atom is 0.124 e. The van der Waals surface area contributed by atoms with Gasteiger partial charge in [0.2, 0.25) is 0 Å². The Morgan fingerprint density at radius 2 is 1.74 bits per heavy atom. The molecule has 4 heteroatoms. The Bertz CT molecular complexity index is 674. The molecule has 0 saturated heterocycles. The lowest BCUT2D eigenvalue weighted by Gasteiger charge is -2.28. The quantitative estimate of drug-likeness (QED) is 0.853. The monoisotopic (exact) mass is 314 g/mol. The number of methoxy groups -OCH3 is 2. The molecule has 124 valence electrons. The second-order valence-corrected chi connectivity index (χ2v) is 6.68. The van der Waals surface area contributed by atoms with E-state index in [0.717, 1.165) is 17.9 Å². The lowest BCUT2D eigenvalue weighted by molar-refractivity contribution is 0.232. The minimum absolute atomic E-state index is 0.344. The molecule has 0 saturated carbocycles. The zero-order chi connectivity index (χ0) is 16.7. The van der Waals surface area contributed by atoms with Gasteiger partial charge in [-0.05, 0) is 29.7 Å². The highest BCUT2D eigenvalue weighted by atomic mass is 16.5. The zero-order valence-corrected chi connectivity index (χ0v) is 14.9. The molecule has 2 aliphatic rings. The van der Waals surface area contributed by atoms with Crippen LogP contribution in [-0.4, -0.2) is 47.3 Å². The average molecular weight is 314 g/mol. The Labute approximate surface area is 139 Å². The first-order valence-corrected chi connectivity index (χ1v) is 7.99. The van der Waals surface area contributed by atoms with Crippen molar-refractivity contribution in [1.29, 1.82) is 0 Å². The average Bonchev–Trinajstić information content (AvgIpc) is 2.91. The van der Waals surface area contributed by atoms with Crippen LogP contribution in [0.4, 0.5) is 5.69 Å². The molecular formula is C19H26N2O2. The van der Waals surface area contributed by atoms with Gasteiger partial charge in [-0.2, -0.15) is 0 Å². The number of fused-ring (bicyclic) bond motifs is 3. The summed E-state index contributed by atoms with van der Waals surface area (Å²) >= 11 is 0. The van der Waals surface area contributed by atoms with Crippen LogP contribution in [0, 0.1) is 5.92 Å². The molecule has 0 bridgehead atoms. The fourth-order valence-electron chi connectivity index (χ4n) is 3.63. The third-order valence-electron chi connectivity index (χ3n) is 4.94. The number of hydrogen-bond donors (Lipinski definition) is 0. The van der Waals surface area contributed by atoms with Crippen LogP contribution < -0.4 is 9.64 Å². The second-order valence-electron chi connectivity index (χ2n) is 6.68. The van der Waals surface area contributed by atoms with Gasteiger partial charge in [0.1, 0.15) is 11.5 Å². The number of allylic oxidation sites excluding steroid dienone is 3. The molecule has 0 amide bonds. The molecule has 1 aromatic rings. The van der Waals surface area contributed by atoms with E-state index < -0.39 is 0 Å². The molecule has 2 atom stereocenters. The maximum absolute atomic E-state index is 5.71. The summed E-state index contributed by atoms with van der Waals surface area (Å²) in [6.45, 7) is 0. The smallest absolute Gasteiger partial charge is 0.124 e. The van der Waals surface area contributed by atoms with E-state index in [1.54, 1.807) is 14.2 Å². The topological polar surface area (TPSA) is 24.9 Å². The summed E-state index contributed by atoms with van der Waals surface area (Å²) < 4.78 is 11.4. The van der Waals surface area contributed by atoms with E-state index >= 15 is 0 Å². The molecule has 0 N–H and O–H groups in total. The first-order chi connectivity index (χ1) is 11.0. The summed E-state index contributed by atoms with van der Waals surface area (Å²) in [6, 6.07) is 4.42. The SMILES string of the molecule is COC1=CC(N(C)C)=CC2c3cc(N(C)C)cc(OC)c3CC12. The van der Waals surface area contributed by atoms with Gasteiger partial charge in [-0.15, -0.1) is 0 Å². The number of nitrogens with zero attached hydrogens (tertiary/aromatic N) is 2. The van der Waals surface area contributed by atoms with Gasteiger partial charge in [-0.25, -0.2) is 0 Å². The lowest BCUT2D eigenvalue weighted by atomic mass is 9.86. The third-order valence-corrected chi connectivity index (χ3v) is 4.94. The molecule has 2 aliphatic carbocycles. The summed E-state index contributed by atoms with van der Waals surface area (Å²) in [4.78, 5) is 4.27. The number of likely N-dealkylation sites (N-methyl/N-ethyl adjacent to an activating group) is 1. The van der Waals surface area contributed by atoms with Gasteiger partial charge < -0.3 is 19.3 Å². The normalized spacial score (nSPS) is 21.8. The molecule has 3 rings (SSSR count).